The van der Waals surface area contributed by atoms with Crippen LogP contribution in [0, 0.1) is 0 Å². The Morgan fingerprint density at radius 2 is 2.00 bits per heavy atom. The Labute approximate surface area is 122 Å². The van der Waals surface area contributed by atoms with Crippen molar-refractivity contribution in [3.05, 3.63) is 47.0 Å². The molecule has 3 rings (SSSR count). The lowest BCUT2D eigenvalue weighted by Crippen LogP contribution is -2.30. The summed E-state index contributed by atoms with van der Waals surface area (Å²) in [6.07, 6.45) is 12.8. The van der Waals surface area contributed by atoms with Crippen LogP contribution in [0.25, 0.3) is 0 Å². The summed E-state index contributed by atoms with van der Waals surface area (Å²) in [6, 6.07) is 9.17. The van der Waals surface area contributed by atoms with Crippen LogP contribution in [-0.2, 0) is 0 Å². The fourth-order valence-electron chi connectivity index (χ4n) is 3.53. The van der Waals surface area contributed by atoms with E-state index in [1.165, 1.54) is 56.1 Å². The molecule has 1 saturated carbocycles. The summed E-state index contributed by atoms with van der Waals surface area (Å²) in [4.78, 5) is 0. The van der Waals surface area contributed by atoms with Gasteiger partial charge in [0.25, 0.3) is 0 Å². The molecule has 0 aromatic heterocycles. The highest BCUT2D eigenvalue weighted by atomic mass is 15.2. The summed E-state index contributed by atoms with van der Waals surface area (Å²) in [5, 5.41) is 0. The predicted octanol–water partition coefficient (Wildman–Crippen LogP) is 4.35. The maximum absolute atomic E-state index is 5.87. The fourth-order valence-corrected chi connectivity index (χ4v) is 3.53. The van der Waals surface area contributed by atoms with Crippen molar-refractivity contribution in [3.8, 4) is 0 Å². The van der Waals surface area contributed by atoms with E-state index in [4.69, 9.17) is 5.84 Å². The molecule has 0 saturated heterocycles. The molecule has 0 bridgehead atoms. The third kappa shape index (κ3) is 2.97. The van der Waals surface area contributed by atoms with Crippen LogP contribution in [-0.4, -0.2) is 0 Å². The first-order valence-corrected chi connectivity index (χ1v) is 8.11. The lowest BCUT2D eigenvalue weighted by atomic mass is 9.76. The van der Waals surface area contributed by atoms with Gasteiger partial charge in [-0.2, -0.15) is 0 Å². The molecule has 1 atom stereocenters. The number of benzene rings is 1. The zero-order valence-electron chi connectivity index (χ0n) is 12.3. The van der Waals surface area contributed by atoms with Crippen molar-refractivity contribution in [2.45, 2.75) is 63.3 Å². The van der Waals surface area contributed by atoms with Crippen molar-refractivity contribution >= 4 is 0 Å². The molecule has 1 aromatic carbocycles. The average molecular weight is 270 g/mol. The number of hydrazine groups is 1. The highest BCUT2D eigenvalue weighted by Crippen LogP contribution is 2.40. The van der Waals surface area contributed by atoms with Gasteiger partial charge in [-0.15, -0.1) is 0 Å². The van der Waals surface area contributed by atoms with Gasteiger partial charge >= 0.3 is 0 Å². The molecule has 1 fully saturated rings. The lowest BCUT2D eigenvalue weighted by Gasteiger charge is -2.31. The summed E-state index contributed by atoms with van der Waals surface area (Å²) in [5.41, 5.74) is 7.60. The SMILES string of the molecule is NNC(CC1=CCCCC1)c1ccccc1C1CCC1. The van der Waals surface area contributed by atoms with E-state index < -0.39 is 0 Å². The minimum atomic E-state index is 0.274. The van der Waals surface area contributed by atoms with E-state index in [2.05, 4.69) is 35.8 Å². The Balaban J connectivity index is 1.79. The van der Waals surface area contributed by atoms with E-state index >= 15 is 0 Å². The largest absolute Gasteiger partial charge is 0.271 e. The molecule has 2 heteroatoms. The molecule has 0 aliphatic heterocycles. The molecule has 0 heterocycles. The first-order valence-electron chi connectivity index (χ1n) is 8.11. The van der Waals surface area contributed by atoms with Gasteiger partial charge in [-0.25, -0.2) is 0 Å². The molecule has 2 aliphatic rings. The molecule has 1 unspecified atom stereocenters. The van der Waals surface area contributed by atoms with Crippen molar-refractivity contribution in [2.24, 2.45) is 5.84 Å². The van der Waals surface area contributed by atoms with Crippen LogP contribution >= 0.6 is 0 Å². The van der Waals surface area contributed by atoms with E-state index in [-0.39, 0.29) is 6.04 Å². The molecule has 0 spiro atoms. The Bertz CT molecular complexity index is 474. The van der Waals surface area contributed by atoms with Crippen LogP contribution in [0.3, 0.4) is 0 Å². The Kier molecular flexibility index (Phi) is 4.54. The van der Waals surface area contributed by atoms with Gasteiger partial charge in [-0.05, 0) is 62.0 Å². The number of nitrogens with two attached hydrogens (primary N) is 1. The molecule has 2 nitrogen and oxygen atoms in total. The van der Waals surface area contributed by atoms with Crippen molar-refractivity contribution < 1.29 is 0 Å². The smallest absolute Gasteiger partial charge is 0.0499 e. The van der Waals surface area contributed by atoms with Crippen molar-refractivity contribution in [1.29, 1.82) is 0 Å². The van der Waals surface area contributed by atoms with Gasteiger partial charge in [0, 0.05) is 6.04 Å². The van der Waals surface area contributed by atoms with E-state index in [1.807, 2.05) is 0 Å². The van der Waals surface area contributed by atoms with Gasteiger partial charge in [0.1, 0.15) is 0 Å². The van der Waals surface area contributed by atoms with Crippen molar-refractivity contribution in [1.82, 2.24) is 5.43 Å². The summed E-state index contributed by atoms with van der Waals surface area (Å²) in [7, 11) is 0. The monoisotopic (exact) mass is 270 g/mol. The van der Waals surface area contributed by atoms with Crippen LogP contribution in [0.15, 0.2) is 35.9 Å². The van der Waals surface area contributed by atoms with Crippen molar-refractivity contribution in [3.63, 3.8) is 0 Å². The molecule has 0 amide bonds. The molecule has 20 heavy (non-hydrogen) atoms. The summed E-state index contributed by atoms with van der Waals surface area (Å²) in [6.45, 7) is 0. The standard InChI is InChI=1S/C18H26N2/c19-20-18(13-14-7-2-1-3-8-14)17-12-5-4-11-16(17)15-9-6-10-15/h4-5,7,11-12,15,18,20H,1-3,6,8-10,13,19H2. The van der Waals surface area contributed by atoms with Gasteiger partial charge in [0.15, 0.2) is 0 Å². The maximum atomic E-state index is 5.87. The number of nitrogens with one attached hydrogen (secondary N) is 1. The normalized spacial score (nSPS) is 21.1. The molecule has 0 radical (unpaired) electrons. The fraction of sp³-hybridized carbons (Fsp3) is 0.556. The second-order valence-corrected chi connectivity index (χ2v) is 6.29. The Morgan fingerprint density at radius 1 is 1.15 bits per heavy atom. The average Bonchev–Trinajstić information content (AvgIpc) is 2.45. The quantitative estimate of drug-likeness (QED) is 0.474. The van der Waals surface area contributed by atoms with Crippen LogP contribution in [0.1, 0.15) is 74.5 Å². The number of hydrogen-bond donors (Lipinski definition) is 2. The molecule has 3 N–H and O–H groups in total. The van der Waals surface area contributed by atoms with E-state index in [0.29, 0.717) is 0 Å². The van der Waals surface area contributed by atoms with Gasteiger partial charge in [0.2, 0.25) is 0 Å². The number of rotatable bonds is 5. The Morgan fingerprint density at radius 3 is 2.65 bits per heavy atom. The maximum Gasteiger partial charge on any atom is 0.0499 e. The van der Waals surface area contributed by atoms with Gasteiger partial charge in [-0.1, -0.05) is 42.3 Å². The van der Waals surface area contributed by atoms with Crippen LogP contribution < -0.4 is 11.3 Å². The van der Waals surface area contributed by atoms with Crippen LogP contribution in [0.4, 0.5) is 0 Å². The highest BCUT2D eigenvalue weighted by Gasteiger charge is 2.25. The summed E-state index contributed by atoms with van der Waals surface area (Å²) >= 11 is 0. The second kappa shape index (κ2) is 6.55. The number of allylic oxidation sites excluding steroid dienone is 1. The molecule has 108 valence electrons. The molecular formula is C18H26N2. The Hall–Kier alpha value is -1.12. The first kappa shape index (κ1) is 13.8. The third-order valence-corrected chi connectivity index (χ3v) is 4.97. The first-order chi connectivity index (χ1) is 9.88. The lowest BCUT2D eigenvalue weighted by molar-refractivity contribution is 0.410. The predicted molar refractivity (Wildman–Crippen MR) is 84.3 cm³/mol. The van der Waals surface area contributed by atoms with Crippen LogP contribution in [0.2, 0.25) is 0 Å². The van der Waals surface area contributed by atoms with Gasteiger partial charge in [-0.3, -0.25) is 11.3 Å². The zero-order valence-corrected chi connectivity index (χ0v) is 12.3. The zero-order chi connectivity index (χ0) is 13.8. The number of hydrogen-bond acceptors (Lipinski definition) is 2. The van der Waals surface area contributed by atoms with E-state index in [0.717, 1.165) is 12.3 Å². The summed E-state index contributed by atoms with van der Waals surface area (Å²) in [5.74, 6) is 6.64. The minimum absolute atomic E-state index is 0.274. The van der Waals surface area contributed by atoms with Crippen LogP contribution in [0.5, 0.6) is 0 Å². The second-order valence-electron chi connectivity index (χ2n) is 6.29. The minimum Gasteiger partial charge on any atom is -0.271 e. The third-order valence-electron chi connectivity index (χ3n) is 4.97. The topological polar surface area (TPSA) is 38.0 Å². The van der Waals surface area contributed by atoms with Gasteiger partial charge < -0.3 is 0 Å². The molecular weight excluding hydrogens is 244 g/mol. The highest BCUT2D eigenvalue weighted by molar-refractivity contribution is 5.35. The van der Waals surface area contributed by atoms with E-state index in [1.54, 1.807) is 5.57 Å². The summed E-state index contributed by atoms with van der Waals surface area (Å²) < 4.78 is 0. The van der Waals surface area contributed by atoms with Gasteiger partial charge in [0.05, 0.1) is 0 Å². The molecule has 2 aliphatic carbocycles. The van der Waals surface area contributed by atoms with E-state index in [9.17, 15) is 0 Å². The van der Waals surface area contributed by atoms with Crippen molar-refractivity contribution in [2.75, 3.05) is 0 Å². The molecule has 1 aromatic rings.